The summed E-state index contributed by atoms with van der Waals surface area (Å²) in [6.07, 6.45) is 3.53. The van der Waals surface area contributed by atoms with Crippen molar-refractivity contribution in [3.05, 3.63) is 66.5 Å². The fourth-order valence-electron chi connectivity index (χ4n) is 2.53. The number of benzene rings is 1. The smallest absolute Gasteiger partial charge is 0.194 e. The Kier molecular flexibility index (Phi) is 5.51. The number of rotatable bonds is 6. The van der Waals surface area contributed by atoms with Crippen molar-refractivity contribution in [2.75, 3.05) is 13.6 Å². The minimum atomic E-state index is 0.507. The first-order chi connectivity index (χ1) is 12.3. The summed E-state index contributed by atoms with van der Waals surface area (Å²) in [7, 11) is 1.99. The van der Waals surface area contributed by atoms with Crippen LogP contribution in [-0.4, -0.2) is 34.4 Å². The molecule has 0 unspecified atom stereocenters. The molecule has 0 aliphatic carbocycles. The van der Waals surface area contributed by atoms with Crippen molar-refractivity contribution in [2.45, 2.75) is 20.0 Å². The molecule has 0 spiro atoms. The molecule has 2 N–H and O–H groups in total. The first kappa shape index (κ1) is 16.8. The highest BCUT2D eigenvalue weighted by molar-refractivity contribution is 5.79. The third-order valence-electron chi connectivity index (χ3n) is 3.76. The number of nitrogens with one attached hydrogen (secondary N) is 2. The monoisotopic (exact) mass is 337 g/mol. The molecule has 3 aromatic rings. The number of furan rings is 1. The van der Waals surface area contributed by atoms with E-state index in [1.54, 1.807) is 6.26 Å². The lowest BCUT2D eigenvalue weighted by atomic mass is 10.2. The van der Waals surface area contributed by atoms with Gasteiger partial charge in [0.15, 0.2) is 5.96 Å². The summed E-state index contributed by atoms with van der Waals surface area (Å²) in [5.74, 6) is 2.55. The summed E-state index contributed by atoms with van der Waals surface area (Å²) in [5, 5.41) is 3.30. The van der Waals surface area contributed by atoms with Gasteiger partial charge < -0.3 is 19.6 Å². The van der Waals surface area contributed by atoms with Gasteiger partial charge in [0.25, 0.3) is 0 Å². The summed E-state index contributed by atoms with van der Waals surface area (Å²) in [4.78, 5) is 14.5. The molecule has 0 aliphatic rings. The molecule has 0 bridgehead atoms. The number of nitrogens with zero attached hydrogens (tertiary/aromatic N) is 3. The van der Waals surface area contributed by atoms with Gasteiger partial charge in [-0.2, -0.15) is 0 Å². The van der Waals surface area contributed by atoms with Crippen LogP contribution in [0.4, 0.5) is 0 Å². The summed E-state index contributed by atoms with van der Waals surface area (Å²) in [6, 6.07) is 14.0. The topological polar surface area (TPSA) is 69.5 Å². The molecule has 3 rings (SSSR count). The van der Waals surface area contributed by atoms with Gasteiger partial charge in [0, 0.05) is 13.6 Å². The highest BCUT2D eigenvalue weighted by atomic mass is 16.3. The number of hydrogen-bond acceptors (Lipinski definition) is 3. The lowest BCUT2D eigenvalue weighted by molar-refractivity contribution is 0.459. The van der Waals surface area contributed by atoms with Crippen LogP contribution in [-0.2, 0) is 13.1 Å². The van der Waals surface area contributed by atoms with E-state index in [-0.39, 0.29) is 0 Å². The SMILES string of the molecule is CCNC(=NCc1ccco1)N(C)Cc1ncc(-c2ccccc2)[nH]1. The van der Waals surface area contributed by atoms with Crippen molar-refractivity contribution in [1.82, 2.24) is 20.2 Å². The van der Waals surface area contributed by atoms with Crippen molar-refractivity contribution in [1.29, 1.82) is 0 Å². The number of guanidine groups is 1. The second-order valence-corrected chi connectivity index (χ2v) is 5.72. The maximum absolute atomic E-state index is 5.34. The van der Waals surface area contributed by atoms with Crippen LogP contribution < -0.4 is 5.32 Å². The molecule has 2 heterocycles. The van der Waals surface area contributed by atoms with E-state index in [1.807, 2.05) is 48.5 Å². The second-order valence-electron chi connectivity index (χ2n) is 5.72. The average molecular weight is 337 g/mol. The van der Waals surface area contributed by atoms with E-state index in [2.05, 4.69) is 39.3 Å². The van der Waals surface area contributed by atoms with Gasteiger partial charge in [-0.25, -0.2) is 9.98 Å². The molecule has 6 heteroatoms. The number of imidazole rings is 1. The van der Waals surface area contributed by atoms with Crippen LogP contribution in [0.5, 0.6) is 0 Å². The number of H-pyrrole nitrogens is 1. The van der Waals surface area contributed by atoms with Crippen molar-refractivity contribution >= 4 is 5.96 Å². The molecule has 0 atom stereocenters. The van der Waals surface area contributed by atoms with Crippen molar-refractivity contribution in [2.24, 2.45) is 4.99 Å². The summed E-state index contributed by atoms with van der Waals surface area (Å²) >= 11 is 0. The number of aliphatic imine (C=N–C) groups is 1. The molecule has 0 aliphatic heterocycles. The molecular weight excluding hydrogens is 314 g/mol. The van der Waals surface area contributed by atoms with Crippen LogP contribution in [0.25, 0.3) is 11.3 Å². The van der Waals surface area contributed by atoms with Crippen LogP contribution >= 0.6 is 0 Å². The van der Waals surface area contributed by atoms with E-state index in [9.17, 15) is 0 Å². The lowest BCUT2D eigenvalue weighted by Crippen LogP contribution is -2.38. The molecule has 0 saturated heterocycles. The molecule has 6 nitrogen and oxygen atoms in total. The van der Waals surface area contributed by atoms with E-state index >= 15 is 0 Å². The van der Waals surface area contributed by atoms with Crippen LogP contribution in [0.2, 0.25) is 0 Å². The zero-order chi connectivity index (χ0) is 17.5. The Morgan fingerprint density at radius 1 is 1.24 bits per heavy atom. The number of hydrogen-bond donors (Lipinski definition) is 2. The normalized spacial score (nSPS) is 11.5. The van der Waals surface area contributed by atoms with E-state index in [4.69, 9.17) is 4.42 Å². The molecule has 0 fully saturated rings. The van der Waals surface area contributed by atoms with Gasteiger partial charge in [-0.3, -0.25) is 0 Å². The second kappa shape index (κ2) is 8.19. The third kappa shape index (κ3) is 4.50. The Morgan fingerprint density at radius 3 is 2.80 bits per heavy atom. The van der Waals surface area contributed by atoms with E-state index in [0.717, 1.165) is 35.3 Å². The van der Waals surface area contributed by atoms with Gasteiger partial charge in [-0.1, -0.05) is 30.3 Å². The fourth-order valence-corrected chi connectivity index (χ4v) is 2.53. The quantitative estimate of drug-likeness (QED) is 0.535. The Labute approximate surface area is 147 Å². The first-order valence-electron chi connectivity index (χ1n) is 8.37. The Morgan fingerprint density at radius 2 is 2.08 bits per heavy atom. The molecule has 0 radical (unpaired) electrons. The van der Waals surface area contributed by atoms with Crippen molar-refractivity contribution in [3.8, 4) is 11.3 Å². The minimum absolute atomic E-state index is 0.507. The molecule has 130 valence electrons. The fraction of sp³-hybridized carbons (Fsp3) is 0.263. The van der Waals surface area contributed by atoms with E-state index < -0.39 is 0 Å². The van der Waals surface area contributed by atoms with Crippen LogP contribution in [0.1, 0.15) is 18.5 Å². The number of aromatic nitrogens is 2. The predicted molar refractivity (Wildman–Crippen MR) is 99.0 cm³/mol. The molecule has 2 aromatic heterocycles. The van der Waals surface area contributed by atoms with Crippen molar-refractivity contribution < 1.29 is 4.42 Å². The lowest BCUT2D eigenvalue weighted by Gasteiger charge is -2.20. The average Bonchev–Trinajstić information content (AvgIpc) is 3.31. The van der Waals surface area contributed by atoms with E-state index in [0.29, 0.717) is 13.1 Å². The van der Waals surface area contributed by atoms with Gasteiger partial charge in [-0.15, -0.1) is 0 Å². The van der Waals surface area contributed by atoms with Gasteiger partial charge in [0.05, 0.1) is 24.7 Å². The third-order valence-corrected chi connectivity index (χ3v) is 3.76. The number of aromatic amines is 1. The highest BCUT2D eigenvalue weighted by Crippen LogP contribution is 2.16. The first-order valence-corrected chi connectivity index (χ1v) is 8.37. The summed E-state index contributed by atoms with van der Waals surface area (Å²) < 4.78 is 5.34. The summed E-state index contributed by atoms with van der Waals surface area (Å²) in [6.45, 7) is 4.00. The van der Waals surface area contributed by atoms with Crippen LogP contribution in [0.3, 0.4) is 0 Å². The van der Waals surface area contributed by atoms with Gasteiger partial charge in [0.1, 0.15) is 18.1 Å². The molecule has 1 aromatic carbocycles. The standard InChI is InChI=1S/C19H23N5O/c1-3-20-19(22-12-16-10-7-11-25-16)24(2)14-18-21-13-17(23-18)15-8-5-4-6-9-15/h4-11,13H,3,12,14H2,1-2H3,(H,20,22)(H,21,23). The predicted octanol–water partition coefficient (Wildman–Crippen LogP) is 3.27. The van der Waals surface area contributed by atoms with Gasteiger partial charge in [-0.05, 0) is 24.6 Å². The van der Waals surface area contributed by atoms with Gasteiger partial charge in [0.2, 0.25) is 0 Å². The minimum Gasteiger partial charge on any atom is -0.467 e. The Balaban J connectivity index is 1.67. The zero-order valence-corrected chi connectivity index (χ0v) is 14.6. The highest BCUT2D eigenvalue weighted by Gasteiger charge is 2.10. The zero-order valence-electron chi connectivity index (χ0n) is 14.6. The van der Waals surface area contributed by atoms with Crippen LogP contribution in [0, 0.1) is 0 Å². The maximum atomic E-state index is 5.34. The molecule has 25 heavy (non-hydrogen) atoms. The maximum Gasteiger partial charge on any atom is 0.194 e. The molecule has 0 amide bonds. The van der Waals surface area contributed by atoms with Crippen LogP contribution in [0.15, 0.2) is 64.3 Å². The molecule has 0 saturated carbocycles. The largest absolute Gasteiger partial charge is 0.467 e. The van der Waals surface area contributed by atoms with E-state index in [1.165, 1.54) is 0 Å². The van der Waals surface area contributed by atoms with Crippen molar-refractivity contribution in [3.63, 3.8) is 0 Å². The Hall–Kier alpha value is -3.02. The molecular formula is C19H23N5O. The summed E-state index contributed by atoms with van der Waals surface area (Å²) in [5.41, 5.74) is 2.14. The van der Waals surface area contributed by atoms with Gasteiger partial charge >= 0.3 is 0 Å². The Bertz CT molecular complexity index is 792.